The Hall–Kier alpha value is -3.13. The Morgan fingerprint density at radius 3 is 2.84 bits per heavy atom. The van der Waals surface area contributed by atoms with E-state index in [1.807, 2.05) is 35.6 Å². The Kier molecular flexibility index (Phi) is 8.23. The zero-order valence-electron chi connectivity index (χ0n) is 18.3. The van der Waals surface area contributed by atoms with Crippen LogP contribution in [0.1, 0.15) is 29.2 Å². The molecule has 3 N–H and O–H groups in total. The van der Waals surface area contributed by atoms with Crippen LogP contribution in [0.4, 0.5) is 5.69 Å². The van der Waals surface area contributed by atoms with E-state index < -0.39 is 0 Å². The molecular weight excluding hydrogens is 408 g/mol. The first-order valence-corrected chi connectivity index (χ1v) is 11.3. The third-order valence-electron chi connectivity index (χ3n) is 4.53. The number of benzene rings is 1. The zero-order chi connectivity index (χ0) is 22.1. The van der Waals surface area contributed by atoms with Gasteiger partial charge in [0.1, 0.15) is 6.54 Å². The highest BCUT2D eigenvalue weighted by Gasteiger charge is 2.08. The van der Waals surface area contributed by atoms with Crippen molar-refractivity contribution in [1.82, 2.24) is 20.4 Å². The van der Waals surface area contributed by atoms with Gasteiger partial charge < -0.3 is 16.0 Å². The van der Waals surface area contributed by atoms with E-state index in [2.05, 4.69) is 54.0 Å². The van der Waals surface area contributed by atoms with Gasteiger partial charge in [-0.15, -0.1) is 11.3 Å². The van der Waals surface area contributed by atoms with Crippen LogP contribution in [-0.4, -0.2) is 34.2 Å². The second kappa shape index (κ2) is 11.3. The van der Waals surface area contributed by atoms with E-state index in [0.29, 0.717) is 6.54 Å². The molecule has 0 radical (unpaired) electrons. The Morgan fingerprint density at radius 1 is 1.26 bits per heavy atom. The lowest BCUT2D eigenvalue weighted by Crippen LogP contribution is -2.43. The first-order chi connectivity index (χ1) is 15.0. The lowest BCUT2D eigenvalue weighted by Gasteiger charge is -2.17. The van der Waals surface area contributed by atoms with Gasteiger partial charge in [0.2, 0.25) is 5.91 Å². The van der Waals surface area contributed by atoms with E-state index in [4.69, 9.17) is 4.99 Å². The number of carbonyl (C=O) groups is 1. The van der Waals surface area contributed by atoms with Crippen molar-refractivity contribution in [2.24, 2.45) is 4.99 Å². The Bertz CT molecular complexity index is 995. The van der Waals surface area contributed by atoms with Crippen molar-refractivity contribution in [3.63, 3.8) is 0 Å². The van der Waals surface area contributed by atoms with Crippen LogP contribution in [0.15, 0.2) is 59.9 Å². The number of aliphatic imine (C=N–C) groups is 1. The second-order valence-corrected chi connectivity index (χ2v) is 8.78. The van der Waals surface area contributed by atoms with Crippen molar-refractivity contribution in [3.8, 4) is 0 Å². The molecule has 2 heterocycles. The summed E-state index contributed by atoms with van der Waals surface area (Å²) in [5.41, 5.74) is 1.78. The minimum atomic E-state index is -0.114. The van der Waals surface area contributed by atoms with Gasteiger partial charge in [-0.25, -0.2) is 4.99 Å². The van der Waals surface area contributed by atoms with Crippen molar-refractivity contribution < 1.29 is 4.79 Å². The third kappa shape index (κ3) is 7.57. The minimum absolute atomic E-state index is 0.114. The van der Waals surface area contributed by atoms with Gasteiger partial charge in [-0.05, 0) is 56.7 Å². The molecule has 0 aliphatic heterocycles. The summed E-state index contributed by atoms with van der Waals surface area (Å²) >= 11 is 1.83. The highest BCUT2D eigenvalue weighted by atomic mass is 32.1. The third-order valence-corrected chi connectivity index (χ3v) is 5.55. The molecule has 0 saturated carbocycles. The Balaban J connectivity index is 1.57. The van der Waals surface area contributed by atoms with Gasteiger partial charge >= 0.3 is 0 Å². The summed E-state index contributed by atoms with van der Waals surface area (Å²) in [6, 6.07) is 14.2. The molecular formula is C23H30N6OS. The van der Waals surface area contributed by atoms with Crippen LogP contribution in [0.3, 0.4) is 0 Å². The van der Waals surface area contributed by atoms with Gasteiger partial charge in [-0.2, -0.15) is 5.10 Å². The molecule has 0 fully saturated rings. The van der Waals surface area contributed by atoms with E-state index in [1.165, 1.54) is 9.75 Å². The molecule has 1 amide bonds. The summed E-state index contributed by atoms with van der Waals surface area (Å²) in [5, 5.41) is 13.8. The number of aromatic nitrogens is 2. The lowest BCUT2D eigenvalue weighted by atomic mass is 10.2. The van der Waals surface area contributed by atoms with Crippen LogP contribution < -0.4 is 16.0 Å². The number of guanidine groups is 1. The molecule has 1 aromatic carbocycles. The maximum Gasteiger partial charge on any atom is 0.246 e. The number of hydrogen-bond donors (Lipinski definition) is 3. The molecule has 2 aromatic heterocycles. The smallest absolute Gasteiger partial charge is 0.246 e. The summed E-state index contributed by atoms with van der Waals surface area (Å²) in [5.74, 6) is 0.674. The van der Waals surface area contributed by atoms with Gasteiger partial charge in [-0.1, -0.05) is 12.1 Å². The highest BCUT2D eigenvalue weighted by Crippen LogP contribution is 2.16. The first kappa shape index (κ1) is 22.6. The highest BCUT2D eigenvalue weighted by molar-refractivity contribution is 7.11. The fraction of sp³-hybridized carbons (Fsp3) is 0.348. The van der Waals surface area contributed by atoms with Crippen LogP contribution in [0.2, 0.25) is 0 Å². The Labute approximate surface area is 187 Å². The van der Waals surface area contributed by atoms with Crippen LogP contribution in [-0.2, 0) is 24.3 Å². The summed E-state index contributed by atoms with van der Waals surface area (Å²) in [7, 11) is 0. The maximum absolute atomic E-state index is 12.2. The largest absolute Gasteiger partial charge is 0.357 e. The molecule has 0 aliphatic carbocycles. The van der Waals surface area contributed by atoms with Crippen LogP contribution in [0.25, 0.3) is 0 Å². The summed E-state index contributed by atoms with van der Waals surface area (Å²) in [6.07, 6.45) is 4.38. The molecule has 0 aliphatic rings. The standard InChI is InChI=1S/C23H30N6OS/c1-4-24-23(27-17(2)13-21-10-9-18(3)31-21)25-15-19-7-5-8-20(14-19)28-22(30)16-29-12-6-11-26-29/h5-12,14,17H,4,13,15-16H2,1-3H3,(H,28,30)(H2,24,25,27). The van der Waals surface area contributed by atoms with E-state index in [1.54, 1.807) is 23.1 Å². The van der Waals surface area contributed by atoms with Gasteiger partial charge in [0.05, 0.1) is 6.54 Å². The van der Waals surface area contributed by atoms with Gasteiger partial charge in [0.15, 0.2) is 5.96 Å². The predicted octanol–water partition coefficient (Wildman–Crippen LogP) is 3.58. The van der Waals surface area contributed by atoms with E-state index in [0.717, 1.165) is 30.2 Å². The number of hydrogen-bond acceptors (Lipinski definition) is 4. The maximum atomic E-state index is 12.2. The molecule has 0 spiro atoms. The summed E-state index contributed by atoms with van der Waals surface area (Å²) in [6.45, 7) is 7.85. The molecule has 31 heavy (non-hydrogen) atoms. The molecule has 0 saturated heterocycles. The molecule has 3 rings (SSSR count). The average molecular weight is 439 g/mol. The molecule has 8 heteroatoms. The zero-order valence-corrected chi connectivity index (χ0v) is 19.1. The van der Waals surface area contributed by atoms with Crippen molar-refractivity contribution >= 4 is 28.9 Å². The number of anilines is 1. The molecule has 1 atom stereocenters. The van der Waals surface area contributed by atoms with Gasteiger partial charge in [-0.3, -0.25) is 9.48 Å². The summed E-state index contributed by atoms with van der Waals surface area (Å²) in [4.78, 5) is 19.6. The van der Waals surface area contributed by atoms with Crippen molar-refractivity contribution in [1.29, 1.82) is 0 Å². The number of nitrogens with zero attached hydrogens (tertiary/aromatic N) is 3. The fourth-order valence-electron chi connectivity index (χ4n) is 3.16. The number of aryl methyl sites for hydroxylation is 1. The Morgan fingerprint density at radius 2 is 2.13 bits per heavy atom. The van der Waals surface area contributed by atoms with Crippen LogP contribution >= 0.6 is 11.3 Å². The number of carbonyl (C=O) groups excluding carboxylic acids is 1. The van der Waals surface area contributed by atoms with Crippen molar-refractivity contribution in [2.45, 2.75) is 46.3 Å². The van der Waals surface area contributed by atoms with Crippen LogP contribution in [0, 0.1) is 6.92 Å². The average Bonchev–Trinajstić information content (AvgIpc) is 3.38. The molecule has 7 nitrogen and oxygen atoms in total. The first-order valence-electron chi connectivity index (χ1n) is 10.5. The number of thiophene rings is 1. The summed E-state index contributed by atoms with van der Waals surface area (Å²) < 4.78 is 1.59. The minimum Gasteiger partial charge on any atom is -0.357 e. The molecule has 1 unspecified atom stereocenters. The van der Waals surface area contributed by atoms with Crippen molar-refractivity contribution in [2.75, 3.05) is 11.9 Å². The molecule has 3 aromatic rings. The normalized spacial score (nSPS) is 12.4. The van der Waals surface area contributed by atoms with Gasteiger partial charge in [0.25, 0.3) is 0 Å². The number of nitrogens with one attached hydrogen (secondary N) is 3. The fourth-order valence-corrected chi connectivity index (χ4v) is 4.18. The second-order valence-electron chi connectivity index (χ2n) is 7.41. The number of rotatable bonds is 9. The number of amides is 1. The molecule has 164 valence electrons. The molecule has 0 bridgehead atoms. The lowest BCUT2D eigenvalue weighted by molar-refractivity contribution is -0.116. The van der Waals surface area contributed by atoms with Gasteiger partial charge in [0, 0.05) is 46.8 Å². The van der Waals surface area contributed by atoms with E-state index in [9.17, 15) is 4.79 Å². The SMILES string of the molecule is CCNC(=NCc1cccc(NC(=O)Cn2cccn2)c1)NC(C)Cc1ccc(C)s1. The topological polar surface area (TPSA) is 83.3 Å². The predicted molar refractivity (Wildman–Crippen MR) is 127 cm³/mol. The van der Waals surface area contributed by atoms with Crippen molar-refractivity contribution in [3.05, 3.63) is 70.2 Å². The quantitative estimate of drug-likeness (QED) is 0.352. The monoisotopic (exact) mass is 438 g/mol. The van der Waals surface area contributed by atoms with Crippen LogP contribution in [0.5, 0.6) is 0 Å². The van der Waals surface area contributed by atoms with E-state index >= 15 is 0 Å². The van der Waals surface area contributed by atoms with E-state index in [-0.39, 0.29) is 18.5 Å².